The Labute approximate surface area is 147 Å². The molecule has 4 aliphatic rings. The minimum Gasteiger partial charge on any atom is -0.458 e. The number of esters is 1. The molecule has 1 amide bonds. The van der Waals surface area contributed by atoms with Crippen LogP contribution in [0.2, 0.25) is 0 Å². The molecule has 24 heavy (non-hydrogen) atoms. The summed E-state index contributed by atoms with van der Waals surface area (Å²) in [5.41, 5.74) is 9.93. The summed E-state index contributed by atoms with van der Waals surface area (Å²) < 4.78 is 7.18. The number of hydrazine groups is 2. The minimum atomic E-state index is -0.559. The van der Waals surface area contributed by atoms with Gasteiger partial charge in [0, 0.05) is 12.8 Å². The summed E-state index contributed by atoms with van der Waals surface area (Å²) in [5, 5.41) is 5.83. The lowest BCUT2D eigenvalue weighted by molar-refractivity contribution is -0.153. The van der Waals surface area contributed by atoms with E-state index in [1.54, 1.807) is 30.1 Å². The van der Waals surface area contributed by atoms with Crippen LogP contribution >= 0.6 is 23.7 Å². The molecule has 3 N–H and O–H groups in total. The number of hydrogen-bond donors (Lipinski definition) is 2. The second-order valence-electron chi connectivity index (χ2n) is 6.12. The van der Waals surface area contributed by atoms with Gasteiger partial charge in [-0.05, 0) is 31.4 Å². The Hall–Kier alpha value is -1.43. The van der Waals surface area contributed by atoms with Crippen LogP contribution in [0, 0.1) is 0 Å². The van der Waals surface area contributed by atoms with Gasteiger partial charge in [-0.3, -0.25) is 14.7 Å². The Morgan fingerprint density at radius 1 is 1.50 bits per heavy atom. The first-order valence-corrected chi connectivity index (χ1v) is 9.46. The summed E-state index contributed by atoms with van der Waals surface area (Å²) in [7, 11) is 1.89. The molecule has 4 aliphatic heterocycles. The zero-order valence-electron chi connectivity index (χ0n) is 13.4. The molecule has 0 aromatic rings. The number of thioether (sulfide) groups is 1. The SMILES string of the molecule is CC(C)OC(=O)C1=C(C2SN3NN=C2N3C)CS[C@H]2C(N)C(=O)N12. The van der Waals surface area contributed by atoms with Gasteiger partial charge in [0.1, 0.15) is 22.4 Å². The number of nitrogens with zero attached hydrogens (tertiary/aromatic N) is 4. The molecule has 2 bridgehead atoms. The topological polar surface area (TPSA) is 103 Å². The molecule has 0 saturated carbocycles. The second-order valence-corrected chi connectivity index (χ2v) is 8.25. The Morgan fingerprint density at radius 3 is 2.83 bits per heavy atom. The van der Waals surface area contributed by atoms with Crippen molar-refractivity contribution >= 4 is 41.4 Å². The molecule has 9 nitrogen and oxygen atoms in total. The fraction of sp³-hybridized carbons (Fsp3) is 0.615. The van der Waals surface area contributed by atoms with Crippen molar-refractivity contribution in [3.63, 3.8) is 0 Å². The number of ether oxygens (including phenoxy) is 1. The standard InChI is InChI=1S/C13H18N6O3S2/c1-5(2)22-13(21)8-6(4-23-12-7(14)11(20)18(8)12)9-10-15-16-19(24-9)17(10)3/h5,7,9,12,16H,4,14H2,1-3H3/t7?,9?,12-/m0/s1. The van der Waals surface area contributed by atoms with Gasteiger partial charge in [0.25, 0.3) is 0 Å². The van der Waals surface area contributed by atoms with Gasteiger partial charge < -0.3 is 10.5 Å². The Kier molecular flexibility index (Phi) is 3.71. The van der Waals surface area contributed by atoms with Crippen molar-refractivity contribution in [1.82, 2.24) is 20.0 Å². The van der Waals surface area contributed by atoms with Crippen molar-refractivity contribution < 1.29 is 14.3 Å². The first-order valence-electron chi connectivity index (χ1n) is 7.58. The van der Waals surface area contributed by atoms with Crippen LogP contribution in [0.5, 0.6) is 0 Å². The lowest BCUT2D eigenvalue weighted by atomic mass is 10.0. The Bertz CT molecular complexity index is 681. The van der Waals surface area contributed by atoms with E-state index in [9.17, 15) is 9.59 Å². The smallest absolute Gasteiger partial charge is 0.355 e. The maximum Gasteiger partial charge on any atom is 0.355 e. The molecule has 11 heteroatoms. The van der Waals surface area contributed by atoms with Crippen LogP contribution in [-0.2, 0) is 14.3 Å². The van der Waals surface area contributed by atoms with Gasteiger partial charge in [-0.1, -0.05) is 4.52 Å². The van der Waals surface area contributed by atoms with Crippen LogP contribution in [0.3, 0.4) is 0 Å². The first-order chi connectivity index (χ1) is 11.4. The van der Waals surface area contributed by atoms with Crippen LogP contribution in [0.15, 0.2) is 16.4 Å². The lowest BCUT2D eigenvalue weighted by Crippen LogP contribution is -2.68. The molecule has 2 saturated heterocycles. The van der Waals surface area contributed by atoms with Crippen molar-refractivity contribution in [2.75, 3.05) is 12.8 Å². The van der Waals surface area contributed by atoms with Crippen molar-refractivity contribution in [2.45, 2.75) is 36.6 Å². The highest BCUT2D eigenvalue weighted by Crippen LogP contribution is 2.45. The number of hydrazone groups is 1. The monoisotopic (exact) mass is 370 g/mol. The average molecular weight is 370 g/mol. The van der Waals surface area contributed by atoms with E-state index in [1.807, 2.05) is 12.1 Å². The number of β-lactam (4-membered cyclic amide) rings is 1. The Morgan fingerprint density at radius 2 is 2.25 bits per heavy atom. The number of hydrogen-bond acceptors (Lipinski definition) is 10. The molecule has 0 aromatic heterocycles. The van der Waals surface area contributed by atoms with Crippen LogP contribution in [-0.4, -0.2) is 67.7 Å². The van der Waals surface area contributed by atoms with Gasteiger partial charge in [-0.2, -0.15) is 0 Å². The number of nitrogens with two attached hydrogens (primary N) is 1. The number of rotatable bonds is 3. The van der Waals surface area contributed by atoms with Crippen LogP contribution < -0.4 is 11.3 Å². The predicted molar refractivity (Wildman–Crippen MR) is 90.9 cm³/mol. The maximum atomic E-state index is 12.7. The quantitative estimate of drug-likeness (QED) is 0.384. The van der Waals surface area contributed by atoms with Crippen molar-refractivity contribution in [2.24, 2.45) is 10.8 Å². The highest BCUT2D eigenvalue weighted by atomic mass is 32.2. The summed E-state index contributed by atoms with van der Waals surface area (Å²) in [6.45, 7) is 3.58. The number of carbonyl (C=O) groups is 2. The normalized spacial score (nSPS) is 34.2. The van der Waals surface area contributed by atoms with Crippen molar-refractivity contribution in [1.29, 1.82) is 0 Å². The van der Waals surface area contributed by atoms with E-state index in [0.717, 1.165) is 11.4 Å². The summed E-state index contributed by atoms with van der Waals surface area (Å²) in [6.07, 6.45) is -0.262. The molecule has 0 aromatic carbocycles. The lowest BCUT2D eigenvalue weighted by Gasteiger charge is -2.48. The third-order valence-electron chi connectivity index (χ3n) is 4.19. The number of amidine groups is 1. The zero-order chi connectivity index (χ0) is 17.2. The van der Waals surface area contributed by atoms with E-state index in [-0.39, 0.29) is 22.6 Å². The van der Waals surface area contributed by atoms with Gasteiger partial charge in [0.2, 0.25) is 5.91 Å². The van der Waals surface area contributed by atoms with Crippen molar-refractivity contribution in [3.8, 4) is 0 Å². The Balaban J connectivity index is 1.74. The molecule has 3 unspecified atom stereocenters. The minimum absolute atomic E-state index is 0.121. The van der Waals surface area contributed by atoms with E-state index in [0.29, 0.717) is 11.4 Å². The van der Waals surface area contributed by atoms with E-state index < -0.39 is 12.0 Å². The molecule has 4 heterocycles. The van der Waals surface area contributed by atoms with Crippen molar-refractivity contribution in [3.05, 3.63) is 11.3 Å². The summed E-state index contributed by atoms with van der Waals surface area (Å²) in [6, 6.07) is -0.559. The third kappa shape index (κ3) is 2.15. The average Bonchev–Trinajstić information content (AvgIpc) is 3.07. The molecule has 0 radical (unpaired) electrons. The van der Waals surface area contributed by atoms with Gasteiger partial charge in [-0.25, -0.2) is 10.3 Å². The number of amides is 1. The van der Waals surface area contributed by atoms with E-state index in [2.05, 4.69) is 10.6 Å². The van der Waals surface area contributed by atoms with E-state index >= 15 is 0 Å². The van der Waals surface area contributed by atoms with E-state index in [1.165, 1.54) is 16.8 Å². The van der Waals surface area contributed by atoms with Gasteiger partial charge in [-0.15, -0.1) is 16.9 Å². The van der Waals surface area contributed by atoms with Gasteiger partial charge >= 0.3 is 5.97 Å². The van der Waals surface area contributed by atoms with Gasteiger partial charge in [0.15, 0.2) is 5.84 Å². The highest BCUT2D eigenvalue weighted by Gasteiger charge is 2.55. The van der Waals surface area contributed by atoms with Crippen LogP contribution in [0.4, 0.5) is 0 Å². The molecule has 4 atom stereocenters. The second kappa shape index (κ2) is 5.55. The maximum absolute atomic E-state index is 12.7. The largest absolute Gasteiger partial charge is 0.458 e. The first kappa shape index (κ1) is 16.1. The summed E-state index contributed by atoms with van der Waals surface area (Å²) in [5.74, 6) is 0.715. The molecular weight excluding hydrogens is 352 g/mol. The highest BCUT2D eigenvalue weighted by molar-refractivity contribution is 8.01. The summed E-state index contributed by atoms with van der Waals surface area (Å²) >= 11 is 3.09. The zero-order valence-corrected chi connectivity index (χ0v) is 15.1. The van der Waals surface area contributed by atoms with E-state index in [4.69, 9.17) is 10.5 Å². The van der Waals surface area contributed by atoms with Crippen LogP contribution in [0.25, 0.3) is 0 Å². The fourth-order valence-electron chi connectivity index (χ4n) is 3.02. The molecule has 4 rings (SSSR count). The number of carbonyl (C=O) groups excluding carboxylic acids is 2. The summed E-state index contributed by atoms with van der Waals surface area (Å²) in [4.78, 5) is 26.4. The fourth-order valence-corrected chi connectivity index (χ4v) is 5.59. The number of fused-ring (bicyclic) bond motifs is 3. The predicted octanol–water partition coefficient (Wildman–Crippen LogP) is -0.555. The molecule has 0 spiro atoms. The molecule has 130 valence electrons. The van der Waals surface area contributed by atoms with Crippen LogP contribution in [0.1, 0.15) is 13.8 Å². The number of nitrogens with one attached hydrogen (secondary N) is 1. The molecular formula is C13H18N6O3S2. The third-order valence-corrected chi connectivity index (χ3v) is 6.74. The molecule has 0 aliphatic carbocycles. The van der Waals surface area contributed by atoms with Gasteiger partial charge in [0.05, 0.1) is 6.10 Å². The molecule has 2 fully saturated rings.